The van der Waals surface area contributed by atoms with Crippen molar-refractivity contribution in [2.24, 2.45) is 0 Å². The van der Waals surface area contributed by atoms with Crippen LogP contribution in [0.5, 0.6) is 5.75 Å². The Morgan fingerprint density at radius 1 is 0.750 bits per heavy atom. The molecule has 2 aliphatic rings. The summed E-state index contributed by atoms with van der Waals surface area (Å²) < 4.78 is 74.3. The van der Waals surface area contributed by atoms with Gasteiger partial charge in [0.15, 0.2) is 23.2 Å². The van der Waals surface area contributed by atoms with Crippen molar-refractivity contribution in [3.05, 3.63) is 64.2 Å². The molecule has 0 radical (unpaired) electrons. The molecule has 4 nitrogen and oxygen atoms in total. The summed E-state index contributed by atoms with van der Waals surface area (Å²) in [7, 11) is 1.67. The van der Waals surface area contributed by atoms with E-state index in [2.05, 4.69) is 0 Å². The van der Waals surface area contributed by atoms with Crippen molar-refractivity contribution in [3.8, 4) is 5.75 Å². The molecule has 2 fully saturated rings. The zero-order valence-corrected chi connectivity index (χ0v) is 20.6. The van der Waals surface area contributed by atoms with Gasteiger partial charge in [-0.05, 0) is 93.4 Å². The Morgan fingerprint density at radius 2 is 1.28 bits per heavy atom. The van der Waals surface area contributed by atoms with Gasteiger partial charge in [0.25, 0.3) is 0 Å². The van der Waals surface area contributed by atoms with Gasteiger partial charge < -0.3 is 14.2 Å². The molecule has 2 aliphatic carbocycles. The highest BCUT2D eigenvalue weighted by atomic mass is 19.2. The maximum absolute atomic E-state index is 15.1. The predicted octanol–water partition coefficient (Wildman–Crippen LogP) is 7.20. The second kappa shape index (κ2) is 11.6. The minimum absolute atomic E-state index is 0.0112. The second-order valence-corrected chi connectivity index (χ2v) is 9.63. The minimum Gasteiger partial charge on any atom is -0.491 e. The summed E-state index contributed by atoms with van der Waals surface area (Å²) >= 11 is 0. The fourth-order valence-corrected chi connectivity index (χ4v) is 5.48. The highest BCUT2D eigenvalue weighted by Crippen LogP contribution is 2.40. The molecule has 2 saturated carbocycles. The molecular formula is C28H32F4O4. The summed E-state index contributed by atoms with van der Waals surface area (Å²) in [4.78, 5) is 12.4. The molecule has 36 heavy (non-hydrogen) atoms. The molecular weight excluding hydrogens is 476 g/mol. The lowest BCUT2D eigenvalue weighted by atomic mass is 9.79. The van der Waals surface area contributed by atoms with E-state index in [9.17, 15) is 13.6 Å². The van der Waals surface area contributed by atoms with Crippen molar-refractivity contribution < 1.29 is 36.6 Å². The van der Waals surface area contributed by atoms with Gasteiger partial charge in [-0.25, -0.2) is 18.0 Å². The highest BCUT2D eigenvalue weighted by molar-refractivity contribution is 5.90. The van der Waals surface area contributed by atoms with Crippen LogP contribution in [0.15, 0.2) is 24.3 Å². The largest absolute Gasteiger partial charge is 0.491 e. The van der Waals surface area contributed by atoms with Gasteiger partial charge in [-0.3, -0.25) is 0 Å². The van der Waals surface area contributed by atoms with Gasteiger partial charge >= 0.3 is 5.97 Å². The number of esters is 1. The van der Waals surface area contributed by atoms with E-state index in [0.717, 1.165) is 31.7 Å². The molecule has 0 bridgehead atoms. The molecule has 0 unspecified atom stereocenters. The molecule has 0 spiro atoms. The third-order valence-electron chi connectivity index (χ3n) is 7.54. The van der Waals surface area contributed by atoms with Crippen LogP contribution in [0.4, 0.5) is 17.6 Å². The first-order chi connectivity index (χ1) is 17.3. The van der Waals surface area contributed by atoms with Crippen LogP contribution < -0.4 is 4.74 Å². The number of carbonyl (C=O) groups excluding carboxylic acids is 1. The summed E-state index contributed by atoms with van der Waals surface area (Å²) in [5.74, 6) is -5.55. The van der Waals surface area contributed by atoms with Crippen LogP contribution in [0.1, 0.15) is 91.6 Å². The van der Waals surface area contributed by atoms with E-state index in [1.54, 1.807) is 26.2 Å². The van der Waals surface area contributed by atoms with E-state index in [-0.39, 0.29) is 30.3 Å². The van der Waals surface area contributed by atoms with Crippen molar-refractivity contribution in [2.45, 2.75) is 82.3 Å². The van der Waals surface area contributed by atoms with Gasteiger partial charge in [0.05, 0.1) is 18.3 Å². The van der Waals surface area contributed by atoms with Crippen LogP contribution in [-0.4, -0.2) is 31.9 Å². The van der Waals surface area contributed by atoms with E-state index in [1.165, 1.54) is 6.07 Å². The topological polar surface area (TPSA) is 44.8 Å². The molecule has 0 aromatic heterocycles. The average molecular weight is 509 g/mol. The molecule has 0 atom stereocenters. The molecule has 4 rings (SSSR count). The van der Waals surface area contributed by atoms with Crippen LogP contribution in [-0.2, 0) is 9.47 Å². The van der Waals surface area contributed by atoms with E-state index in [1.807, 2.05) is 0 Å². The zero-order chi connectivity index (χ0) is 25.8. The fourth-order valence-electron chi connectivity index (χ4n) is 5.48. The Bertz CT molecular complexity index is 1070. The maximum atomic E-state index is 15.1. The average Bonchev–Trinajstić information content (AvgIpc) is 2.89. The maximum Gasteiger partial charge on any atom is 0.341 e. The third-order valence-corrected chi connectivity index (χ3v) is 7.54. The van der Waals surface area contributed by atoms with Gasteiger partial charge in [-0.15, -0.1) is 0 Å². The van der Waals surface area contributed by atoms with Gasteiger partial charge in [0.2, 0.25) is 5.82 Å². The number of rotatable bonds is 7. The first-order valence-electron chi connectivity index (χ1n) is 12.7. The first kappa shape index (κ1) is 26.5. The highest BCUT2D eigenvalue weighted by Gasteiger charge is 2.31. The van der Waals surface area contributed by atoms with Crippen LogP contribution in [0.3, 0.4) is 0 Å². The Kier molecular flexibility index (Phi) is 8.54. The van der Waals surface area contributed by atoms with Crippen LogP contribution in [0.25, 0.3) is 0 Å². The molecule has 8 heteroatoms. The normalized spacial score (nSPS) is 24.4. The van der Waals surface area contributed by atoms with Gasteiger partial charge in [-0.1, -0.05) is 12.1 Å². The van der Waals surface area contributed by atoms with Crippen molar-refractivity contribution in [3.63, 3.8) is 0 Å². The third kappa shape index (κ3) is 5.53. The lowest BCUT2D eigenvalue weighted by Gasteiger charge is -2.30. The number of carbonyl (C=O) groups is 1. The Morgan fingerprint density at radius 3 is 1.78 bits per heavy atom. The zero-order valence-electron chi connectivity index (χ0n) is 20.6. The van der Waals surface area contributed by atoms with Gasteiger partial charge in [0.1, 0.15) is 6.10 Å². The summed E-state index contributed by atoms with van der Waals surface area (Å²) in [5, 5.41) is 0. The number of hydrogen-bond donors (Lipinski definition) is 0. The van der Waals surface area contributed by atoms with E-state index < -0.39 is 40.9 Å². The molecule has 0 aliphatic heterocycles. The summed E-state index contributed by atoms with van der Waals surface area (Å²) in [5.41, 5.74) is 0.269. The SMILES string of the molecule is CCOc1ccc(C(=O)OC2CCC(c3ccc(C4CCC(OC)CC4)c(F)c3F)CC2)c(F)c1F. The van der Waals surface area contributed by atoms with E-state index in [0.29, 0.717) is 36.8 Å². The Labute approximate surface area is 208 Å². The number of methoxy groups -OCH3 is 1. The lowest BCUT2D eigenvalue weighted by molar-refractivity contribution is 0.0188. The van der Waals surface area contributed by atoms with Crippen molar-refractivity contribution in [2.75, 3.05) is 13.7 Å². The van der Waals surface area contributed by atoms with Crippen molar-refractivity contribution in [1.29, 1.82) is 0 Å². The number of halogens is 4. The first-order valence-corrected chi connectivity index (χ1v) is 12.7. The molecule has 0 N–H and O–H groups in total. The molecule has 0 saturated heterocycles. The summed E-state index contributed by atoms with van der Waals surface area (Å²) in [6.45, 7) is 1.80. The standard InChI is InChI=1S/C28H32F4O4/c1-3-35-23-15-14-22(26(31)27(23)32)28(33)36-19-10-6-17(7-11-19)21-13-12-20(24(29)25(21)30)16-4-8-18(34-2)9-5-16/h12-19H,3-11H2,1-2H3. The smallest absolute Gasteiger partial charge is 0.341 e. The van der Waals surface area contributed by atoms with Gasteiger partial charge in [0, 0.05) is 7.11 Å². The van der Waals surface area contributed by atoms with Crippen LogP contribution >= 0.6 is 0 Å². The molecule has 2 aromatic carbocycles. The van der Waals surface area contributed by atoms with E-state index >= 15 is 8.78 Å². The lowest BCUT2D eigenvalue weighted by Crippen LogP contribution is -2.25. The van der Waals surface area contributed by atoms with Gasteiger partial charge in [-0.2, -0.15) is 4.39 Å². The van der Waals surface area contributed by atoms with Crippen LogP contribution in [0, 0.1) is 23.3 Å². The second-order valence-electron chi connectivity index (χ2n) is 9.63. The quantitative estimate of drug-likeness (QED) is 0.293. The van der Waals surface area contributed by atoms with Crippen LogP contribution in [0.2, 0.25) is 0 Å². The van der Waals surface area contributed by atoms with Crippen molar-refractivity contribution in [1.82, 2.24) is 0 Å². The monoisotopic (exact) mass is 508 g/mol. The summed E-state index contributed by atoms with van der Waals surface area (Å²) in [6.07, 6.45) is 4.70. The van der Waals surface area contributed by atoms with E-state index in [4.69, 9.17) is 14.2 Å². The minimum atomic E-state index is -1.31. The number of benzene rings is 2. The number of ether oxygens (including phenoxy) is 3. The molecule has 0 heterocycles. The number of hydrogen-bond acceptors (Lipinski definition) is 4. The summed E-state index contributed by atoms with van der Waals surface area (Å²) in [6, 6.07) is 5.73. The fraction of sp³-hybridized carbons (Fsp3) is 0.536. The predicted molar refractivity (Wildman–Crippen MR) is 126 cm³/mol. The molecule has 2 aromatic rings. The Balaban J connectivity index is 1.36. The Hall–Kier alpha value is -2.61. The van der Waals surface area contributed by atoms with Crippen molar-refractivity contribution >= 4 is 5.97 Å². The molecule has 0 amide bonds. The molecule has 196 valence electrons.